The number of benzene rings is 1. The van der Waals surface area contributed by atoms with E-state index in [0.29, 0.717) is 8.95 Å². The number of rotatable bonds is 2. The van der Waals surface area contributed by atoms with E-state index in [0.717, 1.165) is 0 Å². The van der Waals surface area contributed by atoms with Crippen LogP contribution >= 0.6 is 31.9 Å². The zero-order chi connectivity index (χ0) is 10.0. The smallest absolute Gasteiger partial charge is 0.377 e. The second-order valence-corrected chi connectivity index (χ2v) is 3.94. The molecular formula is C8H4Br2O3. The van der Waals surface area contributed by atoms with Gasteiger partial charge in [-0.15, -0.1) is 0 Å². The summed E-state index contributed by atoms with van der Waals surface area (Å²) in [4.78, 5) is 21.5. The molecule has 13 heavy (non-hydrogen) atoms. The number of ketones is 1. The lowest BCUT2D eigenvalue weighted by Crippen LogP contribution is -2.13. The third kappa shape index (κ3) is 2.16. The minimum Gasteiger partial charge on any atom is -0.475 e. The van der Waals surface area contributed by atoms with Gasteiger partial charge in [-0.1, -0.05) is 6.07 Å². The lowest BCUT2D eigenvalue weighted by Gasteiger charge is -2.01. The second-order valence-electron chi connectivity index (χ2n) is 2.23. The first kappa shape index (κ1) is 10.4. The monoisotopic (exact) mass is 306 g/mol. The highest BCUT2D eigenvalue weighted by molar-refractivity contribution is 9.11. The van der Waals surface area contributed by atoms with Gasteiger partial charge in [0.15, 0.2) is 0 Å². The van der Waals surface area contributed by atoms with Crippen molar-refractivity contribution in [2.24, 2.45) is 0 Å². The van der Waals surface area contributed by atoms with Crippen molar-refractivity contribution in [2.75, 3.05) is 0 Å². The Morgan fingerprint density at radius 3 is 2.00 bits per heavy atom. The highest BCUT2D eigenvalue weighted by Crippen LogP contribution is 2.25. The van der Waals surface area contributed by atoms with Crippen LogP contribution in [0.3, 0.4) is 0 Å². The summed E-state index contributed by atoms with van der Waals surface area (Å²) in [6.45, 7) is 0. The van der Waals surface area contributed by atoms with Gasteiger partial charge in [-0.3, -0.25) is 4.79 Å². The van der Waals surface area contributed by atoms with Crippen LogP contribution in [0.2, 0.25) is 0 Å². The molecule has 1 aromatic rings. The minimum atomic E-state index is -1.47. The van der Waals surface area contributed by atoms with E-state index in [9.17, 15) is 9.59 Å². The average Bonchev–Trinajstić information content (AvgIpc) is 2.03. The molecule has 5 heteroatoms. The molecule has 0 bridgehead atoms. The van der Waals surface area contributed by atoms with Crippen molar-refractivity contribution in [3.8, 4) is 0 Å². The number of carboxylic acid groups (broad SMARTS) is 1. The van der Waals surface area contributed by atoms with Crippen LogP contribution < -0.4 is 0 Å². The van der Waals surface area contributed by atoms with Crippen LogP contribution in [0.5, 0.6) is 0 Å². The molecule has 0 saturated heterocycles. The van der Waals surface area contributed by atoms with Crippen molar-refractivity contribution in [3.63, 3.8) is 0 Å². The number of hydrogen-bond acceptors (Lipinski definition) is 2. The summed E-state index contributed by atoms with van der Waals surface area (Å²) < 4.78 is 0.934. The maximum atomic E-state index is 11.1. The molecule has 0 aliphatic carbocycles. The number of hydrogen-bond donors (Lipinski definition) is 1. The Kier molecular flexibility index (Phi) is 3.22. The Morgan fingerprint density at radius 2 is 1.62 bits per heavy atom. The first-order valence-corrected chi connectivity index (χ1v) is 4.84. The molecule has 0 spiro atoms. The molecule has 1 rings (SSSR count). The lowest BCUT2D eigenvalue weighted by molar-refractivity contribution is -0.131. The topological polar surface area (TPSA) is 54.4 Å². The maximum absolute atomic E-state index is 11.1. The van der Waals surface area contributed by atoms with E-state index < -0.39 is 11.8 Å². The van der Waals surface area contributed by atoms with Gasteiger partial charge < -0.3 is 5.11 Å². The van der Waals surface area contributed by atoms with Gasteiger partial charge in [-0.2, -0.15) is 0 Å². The summed E-state index contributed by atoms with van der Waals surface area (Å²) >= 11 is 6.20. The van der Waals surface area contributed by atoms with E-state index >= 15 is 0 Å². The molecule has 0 fully saturated rings. The summed E-state index contributed by atoms with van der Waals surface area (Å²) in [7, 11) is 0. The molecule has 0 atom stereocenters. The van der Waals surface area contributed by atoms with Gasteiger partial charge >= 0.3 is 5.97 Å². The second kappa shape index (κ2) is 4.02. The van der Waals surface area contributed by atoms with Crippen LogP contribution in [-0.4, -0.2) is 16.9 Å². The number of aliphatic carboxylic acids is 1. The fourth-order valence-corrected chi connectivity index (χ4v) is 2.18. The van der Waals surface area contributed by atoms with E-state index in [-0.39, 0.29) is 5.56 Å². The summed E-state index contributed by atoms with van der Waals surface area (Å²) in [5, 5.41) is 8.49. The average molecular weight is 308 g/mol. The van der Waals surface area contributed by atoms with Crippen LogP contribution in [0.1, 0.15) is 10.4 Å². The van der Waals surface area contributed by atoms with Gasteiger partial charge in [-0.25, -0.2) is 4.79 Å². The quantitative estimate of drug-likeness (QED) is 0.674. The SMILES string of the molecule is O=C(O)C(=O)c1c(Br)cccc1Br. The molecule has 1 aromatic carbocycles. The minimum absolute atomic E-state index is 0.134. The Labute approximate surface area is 91.0 Å². The molecule has 0 radical (unpaired) electrons. The van der Waals surface area contributed by atoms with Crippen LogP contribution in [0.4, 0.5) is 0 Å². The van der Waals surface area contributed by atoms with Crippen molar-refractivity contribution < 1.29 is 14.7 Å². The van der Waals surface area contributed by atoms with Crippen LogP contribution in [-0.2, 0) is 4.79 Å². The zero-order valence-corrected chi connectivity index (χ0v) is 9.42. The first-order chi connectivity index (χ1) is 6.04. The van der Waals surface area contributed by atoms with Gasteiger partial charge in [-0.05, 0) is 44.0 Å². The van der Waals surface area contributed by atoms with Gasteiger partial charge in [0.1, 0.15) is 0 Å². The molecule has 68 valence electrons. The van der Waals surface area contributed by atoms with Gasteiger partial charge in [0.2, 0.25) is 0 Å². The van der Waals surface area contributed by atoms with E-state index in [4.69, 9.17) is 5.11 Å². The summed E-state index contributed by atoms with van der Waals surface area (Å²) in [5.41, 5.74) is 0.134. The van der Waals surface area contributed by atoms with Gasteiger partial charge in [0.25, 0.3) is 5.78 Å². The third-order valence-electron chi connectivity index (χ3n) is 1.38. The molecule has 0 amide bonds. The van der Waals surface area contributed by atoms with Crippen molar-refractivity contribution in [1.82, 2.24) is 0 Å². The molecule has 0 aliphatic heterocycles. The van der Waals surface area contributed by atoms with Crippen LogP contribution in [0.15, 0.2) is 27.1 Å². The fraction of sp³-hybridized carbons (Fsp3) is 0. The third-order valence-corrected chi connectivity index (χ3v) is 2.71. The van der Waals surface area contributed by atoms with Crippen molar-refractivity contribution in [1.29, 1.82) is 0 Å². The number of halogens is 2. The normalized spacial score (nSPS) is 9.69. The summed E-state index contributed by atoms with van der Waals surface area (Å²) in [6.07, 6.45) is 0. The Morgan fingerprint density at radius 1 is 1.15 bits per heavy atom. The molecule has 0 unspecified atom stereocenters. The molecule has 0 saturated carbocycles. The Bertz CT molecular complexity index is 353. The molecule has 3 nitrogen and oxygen atoms in total. The molecule has 0 aromatic heterocycles. The van der Waals surface area contributed by atoms with Crippen LogP contribution in [0, 0.1) is 0 Å². The maximum Gasteiger partial charge on any atom is 0.377 e. The number of Topliss-reactive ketones (excluding diaryl/α,β-unsaturated/α-hetero) is 1. The van der Waals surface area contributed by atoms with Crippen LogP contribution in [0.25, 0.3) is 0 Å². The molecular weight excluding hydrogens is 304 g/mol. The van der Waals surface area contributed by atoms with E-state index in [2.05, 4.69) is 31.9 Å². The van der Waals surface area contributed by atoms with Crippen molar-refractivity contribution in [3.05, 3.63) is 32.7 Å². The van der Waals surface area contributed by atoms with Gasteiger partial charge in [0, 0.05) is 8.95 Å². The van der Waals surface area contributed by atoms with E-state index in [1.807, 2.05) is 0 Å². The highest BCUT2D eigenvalue weighted by atomic mass is 79.9. The first-order valence-electron chi connectivity index (χ1n) is 3.25. The zero-order valence-electron chi connectivity index (χ0n) is 6.25. The Balaban J connectivity index is 3.28. The summed E-state index contributed by atoms with van der Waals surface area (Å²) in [6, 6.07) is 4.93. The Hall–Kier alpha value is -0.680. The number of carbonyl (C=O) groups excluding carboxylic acids is 1. The molecule has 1 N–H and O–H groups in total. The van der Waals surface area contributed by atoms with Crippen molar-refractivity contribution in [2.45, 2.75) is 0 Å². The largest absolute Gasteiger partial charge is 0.475 e. The predicted octanol–water partition coefficient (Wildman–Crippen LogP) is 2.48. The fourth-order valence-electron chi connectivity index (χ4n) is 0.822. The lowest BCUT2D eigenvalue weighted by atomic mass is 10.1. The molecule has 0 aliphatic rings. The van der Waals surface area contributed by atoms with E-state index in [1.165, 1.54) is 0 Å². The summed E-state index contributed by atoms with van der Waals surface area (Å²) in [5.74, 6) is -2.40. The molecule has 0 heterocycles. The highest BCUT2D eigenvalue weighted by Gasteiger charge is 2.19. The standard InChI is InChI=1S/C8H4Br2O3/c9-4-2-1-3-5(10)6(4)7(11)8(12)13/h1-3H,(H,12,13). The number of carboxylic acids is 1. The van der Waals surface area contributed by atoms with E-state index in [1.54, 1.807) is 18.2 Å². The van der Waals surface area contributed by atoms with Gasteiger partial charge in [0.05, 0.1) is 5.56 Å². The predicted molar refractivity (Wildman–Crippen MR) is 53.8 cm³/mol. The van der Waals surface area contributed by atoms with Crippen molar-refractivity contribution >= 4 is 43.6 Å². The number of carbonyl (C=O) groups is 2.